The van der Waals surface area contributed by atoms with Gasteiger partial charge in [-0.15, -0.1) is 0 Å². The predicted molar refractivity (Wildman–Crippen MR) is 124 cm³/mol. The predicted octanol–water partition coefficient (Wildman–Crippen LogP) is 6.20. The summed E-state index contributed by atoms with van der Waals surface area (Å²) < 4.78 is 0. The number of hydrogen-bond donors (Lipinski definition) is 2. The van der Waals surface area contributed by atoms with E-state index in [9.17, 15) is 4.79 Å². The van der Waals surface area contributed by atoms with Crippen LogP contribution in [0, 0.1) is 0 Å². The highest BCUT2D eigenvalue weighted by atomic mass is 35.5. The number of aromatic amines is 1. The zero-order valence-corrected chi connectivity index (χ0v) is 17.6. The summed E-state index contributed by atoms with van der Waals surface area (Å²) in [5.74, 6) is -0.300. The third-order valence-electron chi connectivity index (χ3n) is 5.16. The minimum atomic E-state index is -0.300. The van der Waals surface area contributed by atoms with E-state index in [0.717, 1.165) is 39.7 Å². The number of halogens is 1. The van der Waals surface area contributed by atoms with E-state index in [0.29, 0.717) is 10.7 Å². The van der Waals surface area contributed by atoms with Gasteiger partial charge in [0.05, 0.1) is 5.71 Å². The summed E-state index contributed by atoms with van der Waals surface area (Å²) in [5, 5.41) is 5.84. The Labute approximate surface area is 180 Å². The van der Waals surface area contributed by atoms with Gasteiger partial charge in [-0.05, 0) is 48.2 Å². The van der Waals surface area contributed by atoms with Gasteiger partial charge in [0.15, 0.2) is 0 Å². The van der Waals surface area contributed by atoms with Crippen LogP contribution in [0.5, 0.6) is 0 Å². The van der Waals surface area contributed by atoms with Crippen LogP contribution in [0.25, 0.3) is 22.0 Å². The highest BCUT2D eigenvalue weighted by molar-refractivity contribution is 6.31. The van der Waals surface area contributed by atoms with Crippen molar-refractivity contribution in [1.82, 2.24) is 10.4 Å². The second-order valence-electron chi connectivity index (χ2n) is 7.12. The molecule has 1 aromatic heterocycles. The molecule has 0 aliphatic carbocycles. The summed E-state index contributed by atoms with van der Waals surface area (Å²) in [6.07, 6.45) is 0.986. The standard InChI is InChI=1S/C25H22ClN3O/c1-3-17-9-11-18(12-10-17)16(2)28-29-25(30)24-23(19-7-5-4-6-8-19)21-15-20(26)13-14-22(21)27-24/h4-15,27H,3H2,1-2H3,(H,29,30)/b28-16-. The van der Waals surface area contributed by atoms with Crippen LogP contribution in [-0.2, 0) is 6.42 Å². The molecule has 4 nitrogen and oxygen atoms in total. The summed E-state index contributed by atoms with van der Waals surface area (Å²) in [6.45, 7) is 4.00. The van der Waals surface area contributed by atoms with Crippen LogP contribution >= 0.6 is 11.6 Å². The van der Waals surface area contributed by atoms with E-state index in [1.54, 1.807) is 6.07 Å². The minimum absolute atomic E-state index is 0.300. The van der Waals surface area contributed by atoms with Crippen molar-refractivity contribution in [2.24, 2.45) is 5.10 Å². The number of aromatic nitrogens is 1. The Morgan fingerprint density at radius 2 is 1.77 bits per heavy atom. The maximum atomic E-state index is 13.0. The van der Waals surface area contributed by atoms with Crippen molar-refractivity contribution in [1.29, 1.82) is 0 Å². The lowest BCUT2D eigenvalue weighted by Crippen LogP contribution is -2.20. The number of H-pyrrole nitrogens is 1. The fraction of sp³-hybridized carbons (Fsp3) is 0.120. The van der Waals surface area contributed by atoms with Crippen LogP contribution < -0.4 is 5.43 Å². The molecule has 0 saturated heterocycles. The normalized spacial score (nSPS) is 11.6. The first-order valence-electron chi connectivity index (χ1n) is 9.87. The summed E-state index contributed by atoms with van der Waals surface area (Å²) in [7, 11) is 0. The van der Waals surface area contributed by atoms with Gasteiger partial charge >= 0.3 is 0 Å². The summed E-state index contributed by atoms with van der Waals surface area (Å²) in [5.41, 5.74) is 8.72. The molecule has 0 saturated carbocycles. The molecule has 2 N–H and O–H groups in total. The smallest absolute Gasteiger partial charge is 0.288 e. The van der Waals surface area contributed by atoms with Crippen LogP contribution in [-0.4, -0.2) is 16.6 Å². The van der Waals surface area contributed by atoms with Gasteiger partial charge in [0, 0.05) is 21.5 Å². The molecule has 1 amide bonds. The summed E-state index contributed by atoms with van der Waals surface area (Å²) in [6, 6.07) is 23.5. The average Bonchev–Trinajstić information content (AvgIpc) is 3.16. The summed E-state index contributed by atoms with van der Waals surface area (Å²) in [4.78, 5) is 16.3. The molecule has 0 atom stereocenters. The fourth-order valence-electron chi connectivity index (χ4n) is 3.48. The maximum Gasteiger partial charge on any atom is 0.288 e. The van der Waals surface area contributed by atoms with E-state index in [1.807, 2.05) is 61.5 Å². The molecule has 1 heterocycles. The second-order valence-corrected chi connectivity index (χ2v) is 7.56. The van der Waals surface area contributed by atoms with Crippen molar-refractivity contribution < 1.29 is 4.79 Å². The Morgan fingerprint density at radius 3 is 2.47 bits per heavy atom. The molecule has 0 aliphatic rings. The number of rotatable bonds is 5. The van der Waals surface area contributed by atoms with Crippen LogP contribution in [0.4, 0.5) is 0 Å². The summed E-state index contributed by atoms with van der Waals surface area (Å²) >= 11 is 6.22. The number of amides is 1. The van der Waals surface area contributed by atoms with Crippen LogP contribution in [0.15, 0.2) is 77.9 Å². The lowest BCUT2D eigenvalue weighted by Gasteiger charge is -2.06. The van der Waals surface area contributed by atoms with E-state index >= 15 is 0 Å². The Kier molecular flexibility index (Phi) is 5.68. The topological polar surface area (TPSA) is 57.2 Å². The highest BCUT2D eigenvalue weighted by Gasteiger charge is 2.19. The van der Waals surface area contributed by atoms with Gasteiger partial charge in [-0.25, -0.2) is 5.43 Å². The second kappa shape index (κ2) is 8.56. The number of benzene rings is 3. The molecule has 30 heavy (non-hydrogen) atoms. The van der Waals surface area contributed by atoms with Crippen LogP contribution in [0.2, 0.25) is 5.02 Å². The SMILES string of the molecule is CCc1ccc(/C(C)=N\NC(=O)c2[nH]c3ccc(Cl)cc3c2-c2ccccc2)cc1. The Morgan fingerprint density at radius 1 is 1.03 bits per heavy atom. The van der Waals surface area contributed by atoms with Crippen molar-refractivity contribution in [3.8, 4) is 11.1 Å². The van der Waals surface area contributed by atoms with E-state index < -0.39 is 0 Å². The maximum absolute atomic E-state index is 13.0. The average molecular weight is 416 g/mol. The van der Waals surface area contributed by atoms with Crippen molar-refractivity contribution in [3.63, 3.8) is 0 Å². The zero-order valence-electron chi connectivity index (χ0n) is 16.9. The number of hydrazone groups is 1. The van der Waals surface area contributed by atoms with Crippen LogP contribution in [0.1, 0.15) is 35.5 Å². The highest BCUT2D eigenvalue weighted by Crippen LogP contribution is 2.34. The molecular weight excluding hydrogens is 394 g/mol. The Bertz CT molecular complexity index is 1220. The van der Waals surface area contributed by atoms with Gasteiger partial charge in [-0.1, -0.05) is 73.1 Å². The van der Waals surface area contributed by atoms with Gasteiger partial charge in [0.25, 0.3) is 5.91 Å². The van der Waals surface area contributed by atoms with Gasteiger partial charge in [-0.3, -0.25) is 4.79 Å². The lowest BCUT2D eigenvalue weighted by atomic mass is 10.0. The number of carbonyl (C=O) groups is 1. The Balaban J connectivity index is 1.69. The number of carbonyl (C=O) groups excluding carboxylic acids is 1. The molecule has 3 aromatic carbocycles. The number of nitrogens with one attached hydrogen (secondary N) is 2. The first-order valence-corrected chi connectivity index (χ1v) is 10.2. The number of fused-ring (bicyclic) bond motifs is 1. The van der Waals surface area contributed by atoms with Gasteiger partial charge in [0.2, 0.25) is 0 Å². The third-order valence-corrected chi connectivity index (χ3v) is 5.39. The third kappa shape index (κ3) is 4.00. The molecular formula is C25H22ClN3O. The molecule has 0 fully saturated rings. The van der Waals surface area contributed by atoms with E-state index in [1.165, 1.54) is 5.56 Å². The van der Waals surface area contributed by atoms with Crippen molar-refractivity contribution in [3.05, 3.63) is 94.6 Å². The molecule has 4 rings (SSSR count). The number of hydrogen-bond acceptors (Lipinski definition) is 2. The van der Waals surface area contributed by atoms with E-state index in [2.05, 4.69) is 34.6 Å². The van der Waals surface area contributed by atoms with Gasteiger partial charge in [-0.2, -0.15) is 5.10 Å². The fourth-order valence-corrected chi connectivity index (χ4v) is 3.65. The van der Waals surface area contributed by atoms with E-state index in [4.69, 9.17) is 11.6 Å². The lowest BCUT2D eigenvalue weighted by molar-refractivity contribution is 0.0951. The van der Waals surface area contributed by atoms with Crippen molar-refractivity contribution in [2.75, 3.05) is 0 Å². The van der Waals surface area contributed by atoms with Gasteiger partial charge in [0.1, 0.15) is 5.69 Å². The molecule has 5 heteroatoms. The van der Waals surface area contributed by atoms with Gasteiger partial charge < -0.3 is 4.98 Å². The zero-order chi connectivity index (χ0) is 21.1. The molecule has 0 spiro atoms. The molecule has 0 radical (unpaired) electrons. The quantitative estimate of drug-likeness (QED) is 0.295. The van der Waals surface area contributed by atoms with Crippen LogP contribution in [0.3, 0.4) is 0 Å². The molecule has 150 valence electrons. The number of nitrogens with zero attached hydrogens (tertiary/aromatic N) is 1. The number of aryl methyl sites for hydroxylation is 1. The first-order chi connectivity index (χ1) is 14.6. The van der Waals surface area contributed by atoms with Crippen molar-refractivity contribution >= 4 is 34.1 Å². The minimum Gasteiger partial charge on any atom is -0.350 e. The first kappa shape index (κ1) is 19.9. The molecule has 4 aromatic rings. The Hall–Kier alpha value is -3.37. The molecule has 0 unspecified atom stereocenters. The molecule has 0 bridgehead atoms. The van der Waals surface area contributed by atoms with Crippen molar-refractivity contribution in [2.45, 2.75) is 20.3 Å². The van der Waals surface area contributed by atoms with E-state index in [-0.39, 0.29) is 5.91 Å². The monoisotopic (exact) mass is 415 g/mol. The molecule has 0 aliphatic heterocycles. The largest absolute Gasteiger partial charge is 0.350 e.